The van der Waals surface area contributed by atoms with Gasteiger partial charge < -0.3 is 15.1 Å². The molecule has 0 unspecified atom stereocenters. The Morgan fingerprint density at radius 2 is 2.16 bits per heavy atom. The van der Waals surface area contributed by atoms with Crippen molar-refractivity contribution in [3.05, 3.63) is 22.4 Å². The van der Waals surface area contributed by atoms with E-state index in [9.17, 15) is 0 Å². The summed E-state index contributed by atoms with van der Waals surface area (Å²) in [4.78, 5) is 6.45. The van der Waals surface area contributed by atoms with Crippen LogP contribution in [0.2, 0.25) is 0 Å². The Labute approximate surface area is 121 Å². The van der Waals surface area contributed by atoms with E-state index in [0.29, 0.717) is 0 Å². The maximum absolute atomic E-state index is 3.56. The minimum absolute atomic E-state index is 0.787. The van der Waals surface area contributed by atoms with Gasteiger partial charge in [-0.1, -0.05) is 6.07 Å². The number of nitrogens with one attached hydrogen (secondary N) is 1. The summed E-state index contributed by atoms with van der Waals surface area (Å²) in [6.07, 6.45) is 3.81. The molecule has 0 aliphatic carbocycles. The molecule has 1 N–H and O–H groups in total. The minimum atomic E-state index is 0.787. The first-order valence-corrected chi connectivity index (χ1v) is 8.25. The highest BCUT2D eigenvalue weighted by Crippen LogP contribution is 2.13. The molecule has 1 saturated heterocycles. The lowest BCUT2D eigenvalue weighted by atomic mass is 10.0. The molecule has 2 rings (SSSR count). The second-order valence-electron chi connectivity index (χ2n) is 5.59. The lowest BCUT2D eigenvalue weighted by Crippen LogP contribution is -2.44. The van der Waals surface area contributed by atoms with E-state index < -0.39 is 0 Å². The molecule has 0 radical (unpaired) electrons. The third-order valence-corrected chi connectivity index (χ3v) is 5.02. The van der Waals surface area contributed by atoms with Crippen LogP contribution in [0.1, 0.15) is 17.7 Å². The van der Waals surface area contributed by atoms with Crippen LogP contribution in [0, 0.1) is 0 Å². The molecule has 1 aromatic rings. The lowest BCUT2D eigenvalue weighted by Gasteiger charge is -2.35. The Balaban J connectivity index is 1.53. The number of rotatable bonds is 7. The Morgan fingerprint density at radius 3 is 2.84 bits per heavy atom. The van der Waals surface area contributed by atoms with Gasteiger partial charge in [-0.25, -0.2) is 0 Å². The second kappa shape index (κ2) is 8.00. The van der Waals surface area contributed by atoms with Crippen LogP contribution in [-0.2, 0) is 6.42 Å². The van der Waals surface area contributed by atoms with Crippen LogP contribution in [0.25, 0.3) is 0 Å². The van der Waals surface area contributed by atoms with Crippen molar-refractivity contribution in [2.45, 2.75) is 25.3 Å². The van der Waals surface area contributed by atoms with Gasteiger partial charge in [0, 0.05) is 30.6 Å². The van der Waals surface area contributed by atoms with E-state index in [2.05, 4.69) is 46.7 Å². The smallest absolute Gasteiger partial charge is 0.0117 e. The van der Waals surface area contributed by atoms with E-state index in [4.69, 9.17) is 0 Å². The largest absolute Gasteiger partial charge is 0.315 e. The zero-order valence-corrected chi connectivity index (χ0v) is 13.1. The van der Waals surface area contributed by atoms with Gasteiger partial charge in [-0.3, -0.25) is 0 Å². The summed E-state index contributed by atoms with van der Waals surface area (Å²) in [6, 6.07) is 5.14. The Hall–Kier alpha value is -0.420. The summed E-state index contributed by atoms with van der Waals surface area (Å²) in [5.74, 6) is 0. The fourth-order valence-electron chi connectivity index (χ4n) is 2.67. The predicted molar refractivity (Wildman–Crippen MR) is 84.0 cm³/mol. The summed E-state index contributed by atoms with van der Waals surface area (Å²) in [5, 5.41) is 5.71. The van der Waals surface area contributed by atoms with Crippen molar-refractivity contribution in [1.29, 1.82) is 0 Å². The Kier molecular flexibility index (Phi) is 6.31. The topological polar surface area (TPSA) is 18.5 Å². The van der Waals surface area contributed by atoms with E-state index in [-0.39, 0.29) is 0 Å². The Bertz CT molecular complexity index is 331. The fraction of sp³-hybridized carbons (Fsp3) is 0.733. The van der Waals surface area contributed by atoms with Gasteiger partial charge >= 0.3 is 0 Å². The van der Waals surface area contributed by atoms with Crippen LogP contribution in [-0.4, -0.2) is 62.7 Å². The average molecular weight is 281 g/mol. The van der Waals surface area contributed by atoms with E-state index >= 15 is 0 Å². The summed E-state index contributed by atoms with van der Waals surface area (Å²) < 4.78 is 0. The molecule has 0 bridgehead atoms. The first-order valence-electron chi connectivity index (χ1n) is 7.37. The van der Waals surface area contributed by atoms with Gasteiger partial charge in [0.25, 0.3) is 0 Å². The quantitative estimate of drug-likeness (QED) is 0.770. The standard InChI is InChI=1S/C15H27N3S/c1-17-10-6-14(7-11-17)18(2)12-9-16-8-5-15-4-3-13-19-15/h3-4,13-14,16H,5-12H2,1-2H3. The van der Waals surface area contributed by atoms with E-state index in [1.54, 1.807) is 0 Å². The molecule has 0 aromatic carbocycles. The van der Waals surface area contributed by atoms with Crippen molar-refractivity contribution >= 4 is 11.3 Å². The van der Waals surface area contributed by atoms with Gasteiger partial charge in [-0.2, -0.15) is 0 Å². The number of likely N-dealkylation sites (tertiary alicyclic amines) is 1. The highest BCUT2D eigenvalue weighted by Gasteiger charge is 2.19. The molecule has 3 nitrogen and oxygen atoms in total. The Morgan fingerprint density at radius 1 is 1.37 bits per heavy atom. The van der Waals surface area contributed by atoms with Crippen molar-refractivity contribution < 1.29 is 0 Å². The van der Waals surface area contributed by atoms with Crippen molar-refractivity contribution in [2.24, 2.45) is 0 Å². The van der Waals surface area contributed by atoms with Crippen LogP contribution in [0.15, 0.2) is 17.5 Å². The number of piperidine rings is 1. The van der Waals surface area contributed by atoms with Crippen LogP contribution >= 0.6 is 11.3 Å². The van der Waals surface area contributed by atoms with E-state index in [1.807, 2.05) is 11.3 Å². The van der Waals surface area contributed by atoms with Crippen LogP contribution < -0.4 is 5.32 Å². The van der Waals surface area contributed by atoms with Crippen molar-refractivity contribution in [3.8, 4) is 0 Å². The number of nitrogens with zero attached hydrogens (tertiary/aromatic N) is 2. The maximum Gasteiger partial charge on any atom is 0.0117 e. The molecule has 4 heteroatoms. The molecule has 0 amide bonds. The summed E-state index contributed by atoms with van der Waals surface area (Å²) in [5.41, 5.74) is 0. The normalized spacial score (nSPS) is 18.3. The molecule has 108 valence electrons. The molecule has 2 heterocycles. The van der Waals surface area contributed by atoms with E-state index in [1.165, 1.54) is 37.4 Å². The maximum atomic E-state index is 3.56. The summed E-state index contributed by atoms with van der Waals surface area (Å²) >= 11 is 1.86. The monoisotopic (exact) mass is 281 g/mol. The second-order valence-corrected chi connectivity index (χ2v) is 6.63. The van der Waals surface area contributed by atoms with Crippen LogP contribution in [0.3, 0.4) is 0 Å². The third kappa shape index (κ3) is 5.22. The highest BCUT2D eigenvalue weighted by atomic mass is 32.1. The van der Waals surface area contributed by atoms with Gasteiger partial charge in [0.2, 0.25) is 0 Å². The molecular formula is C15H27N3S. The minimum Gasteiger partial charge on any atom is -0.315 e. The first-order chi connectivity index (χ1) is 9.25. The zero-order valence-electron chi connectivity index (χ0n) is 12.3. The number of thiophene rings is 1. The molecule has 1 aromatic heterocycles. The van der Waals surface area contributed by atoms with Gasteiger partial charge in [-0.05, 0) is 57.9 Å². The third-order valence-electron chi connectivity index (χ3n) is 4.08. The molecule has 19 heavy (non-hydrogen) atoms. The van der Waals surface area contributed by atoms with Crippen molar-refractivity contribution in [2.75, 3.05) is 46.8 Å². The number of hydrogen-bond acceptors (Lipinski definition) is 4. The number of likely N-dealkylation sites (N-methyl/N-ethyl adjacent to an activating group) is 1. The molecule has 0 atom stereocenters. The molecule has 1 aliphatic rings. The van der Waals surface area contributed by atoms with Crippen molar-refractivity contribution in [3.63, 3.8) is 0 Å². The highest BCUT2D eigenvalue weighted by molar-refractivity contribution is 7.09. The molecule has 1 fully saturated rings. The first kappa shape index (κ1) is 15.0. The molecular weight excluding hydrogens is 254 g/mol. The summed E-state index contributed by atoms with van der Waals surface area (Å²) in [6.45, 7) is 5.87. The summed E-state index contributed by atoms with van der Waals surface area (Å²) in [7, 11) is 4.50. The number of hydrogen-bond donors (Lipinski definition) is 1. The van der Waals surface area contributed by atoms with Gasteiger partial charge in [0.15, 0.2) is 0 Å². The molecule has 1 aliphatic heterocycles. The van der Waals surface area contributed by atoms with Crippen molar-refractivity contribution in [1.82, 2.24) is 15.1 Å². The van der Waals surface area contributed by atoms with Gasteiger partial charge in [-0.15, -0.1) is 11.3 Å². The average Bonchev–Trinajstić information content (AvgIpc) is 2.92. The van der Waals surface area contributed by atoms with E-state index in [0.717, 1.165) is 25.6 Å². The van der Waals surface area contributed by atoms with Gasteiger partial charge in [0.1, 0.15) is 0 Å². The van der Waals surface area contributed by atoms with Crippen LogP contribution in [0.5, 0.6) is 0 Å². The van der Waals surface area contributed by atoms with Gasteiger partial charge in [0.05, 0.1) is 0 Å². The van der Waals surface area contributed by atoms with Crippen LogP contribution in [0.4, 0.5) is 0 Å². The SMILES string of the molecule is CN1CCC(N(C)CCNCCc2cccs2)CC1. The molecule has 0 saturated carbocycles. The predicted octanol–water partition coefficient (Wildman–Crippen LogP) is 1.91. The fourth-order valence-corrected chi connectivity index (χ4v) is 3.37. The molecule has 0 spiro atoms. The lowest BCUT2D eigenvalue weighted by molar-refractivity contribution is 0.145. The zero-order chi connectivity index (χ0) is 13.5.